The fraction of sp³-hybridized carbons (Fsp3) is 0. The SMILES string of the molecule is [Pd+2].[c-]1c(Oc2[c-]c3c(cc2)c2ncccc2n2c(-c4ccccc4)c(-c4ccccc4)nc32)cccc1-n1c2ccccc2c2cccnc21. The van der Waals surface area contributed by atoms with Crippen molar-refractivity contribution in [3.05, 3.63) is 164 Å². The van der Waals surface area contributed by atoms with Crippen LogP contribution < -0.4 is 4.74 Å². The summed E-state index contributed by atoms with van der Waals surface area (Å²) >= 11 is 0. The van der Waals surface area contributed by atoms with Crippen LogP contribution in [-0.2, 0) is 20.4 Å². The van der Waals surface area contributed by atoms with E-state index < -0.39 is 0 Å². The number of aromatic nitrogens is 5. The number of imidazole rings is 1. The first-order valence-corrected chi connectivity index (χ1v) is 16.1. The van der Waals surface area contributed by atoms with Gasteiger partial charge in [-0.15, -0.1) is 24.3 Å². The van der Waals surface area contributed by atoms with Gasteiger partial charge in [0.2, 0.25) is 0 Å². The molecule has 6 nitrogen and oxygen atoms in total. The number of fused-ring (bicyclic) bond motifs is 9. The quantitative estimate of drug-likeness (QED) is 0.100. The summed E-state index contributed by atoms with van der Waals surface area (Å²) in [6.07, 6.45) is 3.66. The molecular formula is C43H25N5OPd. The van der Waals surface area contributed by atoms with Gasteiger partial charge >= 0.3 is 20.4 Å². The van der Waals surface area contributed by atoms with Crippen molar-refractivity contribution >= 4 is 49.4 Å². The maximum Gasteiger partial charge on any atom is 2.00 e. The minimum absolute atomic E-state index is 0. The number of benzene rings is 5. The number of nitrogens with zero attached hydrogens (tertiary/aromatic N) is 5. The second-order valence-corrected chi connectivity index (χ2v) is 11.9. The van der Waals surface area contributed by atoms with Gasteiger partial charge in [0.05, 0.1) is 33.6 Å². The number of hydrogen-bond acceptors (Lipinski definition) is 4. The van der Waals surface area contributed by atoms with Gasteiger partial charge in [-0.2, -0.15) is 6.07 Å². The average molecular weight is 734 g/mol. The van der Waals surface area contributed by atoms with Gasteiger partial charge in [-0.25, -0.2) is 4.98 Å². The smallest absolute Gasteiger partial charge is 0.503 e. The Morgan fingerprint density at radius 3 is 2.08 bits per heavy atom. The van der Waals surface area contributed by atoms with Crippen molar-refractivity contribution in [2.24, 2.45) is 0 Å². The van der Waals surface area contributed by atoms with Crippen LogP contribution in [0.15, 0.2) is 152 Å². The van der Waals surface area contributed by atoms with E-state index in [1.54, 1.807) is 0 Å². The summed E-state index contributed by atoms with van der Waals surface area (Å²) in [6, 6.07) is 54.2. The molecule has 10 aromatic rings. The predicted octanol–water partition coefficient (Wildman–Crippen LogP) is 10.3. The van der Waals surface area contributed by atoms with E-state index >= 15 is 0 Å². The van der Waals surface area contributed by atoms with Crippen LogP contribution >= 0.6 is 0 Å². The molecule has 238 valence electrons. The average Bonchev–Trinajstić information content (AvgIpc) is 3.73. The molecule has 0 N–H and O–H groups in total. The molecule has 0 amide bonds. The van der Waals surface area contributed by atoms with Gasteiger partial charge in [0.15, 0.2) is 0 Å². The van der Waals surface area contributed by atoms with Gasteiger partial charge in [0, 0.05) is 40.2 Å². The molecule has 50 heavy (non-hydrogen) atoms. The molecule has 5 aromatic carbocycles. The van der Waals surface area contributed by atoms with Crippen LogP contribution in [0.5, 0.6) is 11.5 Å². The zero-order valence-corrected chi connectivity index (χ0v) is 27.9. The maximum atomic E-state index is 6.51. The molecule has 5 aromatic heterocycles. The third kappa shape index (κ3) is 4.71. The zero-order chi connectivity index (χ0) is 32.3. The topological polar surface area (TPSA) is 57.2 Å². The number of para-hydroxylation sites is 1. The standard InChI is InChI=1S/C43H25N5O.Pd/c1-3-12-28(13-4-1)39-41(29-14-5-2-6-15-29)48-38-21-11-24-44-40(38)34-23-22-32(27-36(34)43(48)46-39)49-31-17-9-16-30(26-31)47-37-20-8-7-18-33(37)35-19-10-25-45-42(35)47;/h1-25H;/q-2;+2. The Hall–Kier alpha value is -6.13. The van der Waals surface area contributed by atoms with Gasteiger partial charge in [0.25, 0.3) is 0 Å². The summed E-state index contributed by atoms with van der Waals surface area (Å²) in [5, 5.41) is 4.01. The molecule has 0 spiro atoms. The van der Waals surface area contributed by atoms with Gasteiger partial charge < -0.3 is 13.7 Å². The van der Waals surface area contributed by atoms with E-state index in [0.29, 0.717) is 11.5 Å². The predicted molar refractivity (Wildman–Crippen MR) is 195 cm³/mol. The molecule has 0 unspecified atom stereocenters. The van der Waals surface area contributed by atoms with E-state index in [1.807, 2.05) is 79.1 Å². The normalized spacial score (nSPS) is 11.4. The molecule has 0 aliphatic carbocycles. The van der Waals surface area contributed by atoms with Crippen LogP contribution in [-0.4, -0.2) is 23.9 Å². The molecule has 5 heterocycles. The molecular weight excluding hydrogens is 709 g/mol. The molecule has 0 radical (unpaired) electrons. The molecule has 0 atom stereocenters. The van der Waals surface area contributed by atoms with Crippen molar-refractivity contribution in [1.29, 1.82) is 0 Å². The van der Waals surface area contributed by atoms with Crippen LogP contribution in [0.25, 0.3) is 77.6 Å². The number of pyridine rings is 3. The van der Waals surface area contributed by atoms with Crippen molar-refractivity contribution in [3.8, 4) is 39.7 Å². The Morgan fingerprint density at radius 1 is 0.520 bits per heavy atom. The molecule has 0 aliphatic heterocycles. The fourth-order valence-electron chi connectivity index (χ4n) is 6.96. The van der Waals surface area contributed by atoms with E-state index in [4.69, 9.17) is 19.7 Å². The first-order valence-electron chi connectivity index (χ1n) is 16.1. The van der Waals surface area contributed by atoms with Crippen molar-refractivity contribution in [3.63, 3.8) is 0 Å². The van der Waals surface area contributed by atoms with Crippen molar-refractivity contribution in [2.45, 2.75) is 0 Å². The number of rotatable bonds is 5. The second kappa shape index (κ2) is 12.1. The largest absolute Gasteiger partial charge is 2.00 e. The Morgan fingerprint density at radius 2 is 1.22 bits per heavy atom. The van der Waals surface area contributed by atoms with Gasteiger partial charge in [-0.1, -0.05) is 107 Å². The fourth-order valence-corrected chi connectivity index (χ4v) is 6.96. The number of ether oxygens (including phenoxy) is 1. The van der Waals surface area contributed by atoms with Crippen LogP contribution in [0.4, 0.5) is 0 Å². The third-order valence-corrected chi connectivity index (χ3v) is 9.04. The Bertz CT molecular complexity index is 2810. The van der Waals surface area contributed by atoms with Gasteiger partial charge in [-0.05, 0) is 35.9 Å². The Labute approximate surface area is 300 Å². The molecule has 0 saturated heterocycles. The Kier molecular flexibility index (Phi) is 7.24. The van der Waals surface area contributed by atoms with Crippen molar-refractivity contribution < 1.29 is 25.2 Å². The monoisotopic (exact) mass is 733 g/mol. The zero-order valence-electron chi connectivity index (χ0n) is 26.4. The molecule has 0 saturated carbocycles. The van der Waals surface area contributed by atoms with E-state index in [1.165, 1.54) is 0 Å². The first-order chi connectivity index (χ1) is 24.3. The summed E-state index contributed by atoms with van der Waals surface area (Å²) in [4.78, 5) is 14.9. The molecule has 10 rings (SSSR count). The Balaban J connectivity index is 0.00000336. The van der Waals surface area contributed by atoms with Crippen molar-refractivity contribution in [1.82, 2.24) is 23.9 Å². The minimum atomic E-state index is 0. The van der Waals surface area contributed by atoms with Crippen LogP contribution in [0, 0.1) is 12.1 Å². The van der Waals surface area contributed by atoms with E-state index in [-0.39, 0.29) is 20.4 Å². The summed E-state index contributed by atoms with van der Waals surface area (Å²) in [7, 11) is 0. The van der Waals surface area contributed by atoms with E-state index in [9.17, 15) is 0 Å². The van der Waals surface area contributed by atoms with E-state index in [2.05, 4.69) is 93.9 Å². The summed E-state index contributed by atoms with van der Waals surface area (Å²) in [5.74, 6) is 1.13. The summed E-state index contributed by atoms with van der Waals surface area (Å²) in [5.41, 5.74) is 9.40. The summed E-state index contributed by atoms with van der Waals surface area (Å²) < 4.78 is 10.9. The van der Waals surface area contributed by atoms with Gasteiger partial charge in [-0.3, -0.25) is 9.97 Å². The molecule has 0 aliphatic rings. The molecule has 0 bridgehead atoms. The third-order valence-electron chi connectivity index (χ3n) is 9.04. The number of hydrogen-bond donors (Lipinski definition) is 0. The van der Waals surface area contributed by atoms with Crippen molar-refractivity contribution in [2.75, 3.05) is 0 Å². The molecule has 7 heteroatoms. The van der Waals surface area contributed by atoms with Crippen LogP contribution in [0.1, 0.15) is 0 Å². The van der Waals surface area contributed by atoms with Gasteiger partial charge in [0.1, 0.15) is 5.65 Å². The first kappa shape index (κ1) is 30.0. The second-order valence-electron chi connectivity index (χ2n) is 11.9. The van der Waals surface area contributed by atoms with Crippen LogP contribution in [0.3, 0.4) is 0 Å². The minimum Gasteiger partial charge on any atom is -0.503 e. The maximum absolute atomic E-state index is 6.51. The van der Waals surface area contributed by atoms with E-state index in [0.717, 1.165) is 77.6 Å². The summed E-state index contributed by atoms with van der Waals surface area (Å²) in [6.45, 7) is 0. The molecule has 0 fully saturated rings. The van der Waals surface area contributed by atoms with Crippen LogP contribution in [0.2, 0.25) is 0 Å².